The molecule has 0 spiro atoms. The molecule has 0 heterocycles. The molecular formula is C16H15ClFNO2. The topological polar surface area (TPSA) is 49.3 Å². The minimum absolute atomic E-state index is 0.0309. The summed E-state index contributed by atoms with van der Waals surface area (Å²) in [4.78, 5) is 10.9. The van der Waals surface area contributed by atoms with Crippen molar-refractivity contribution in [3.63, 3.8) is 0 Å². The fourth-order valence-electron chi connectivity index (χ4n) is 2.00. The third-order valence-corrected chi connectivity index (χ3v) is 3.48. The van der Waals surface area contributed by atoms with Gasteiger partial charge in [0.25, 0.3) is 0 Å². The van der Waals surface area contributed by atoms with E-state index in [0.29, 0.717) is 10.6 Å². The molecule has 0 fully saturated rings. The zero-order chi connectivity index (χ0) is 15.4. The quantitative estimate of drug-likeness (QED) is 0.877. The van der Waals surface area contributed by atoms with E-state index in [1.165, 1.54) is 18.2 Å². The molecule has 0 aromatic heterocycles. The van der Waals surface area contributed by atoms with Crippen LogP contribution in [0.15, 0.2) is 42.5 Å². The minimum Gasteiger partial charge on any atom is -0.478 e. The Morgan fingerprint density at radius 1 is 1.33 bits per heavy atom. The van der Waals surface area contributed by atoms with E-state index < -0.39 is 11.8 Å². The first-order valence-corrected chi connectivity index (χ1v) is 6.85. The number of carboxylic acids is 1. The molecule has 110 valence electrons. The summed E-state index contributed by atoms with van der Waals surface area (Å²) < 4.78 is 13.7. The molecule has 5 heteroatoms. The first-order chi connectivity index (χ1) is 9.97. The summed E-state index contributed by atoms with van der Waals surface area (Å²) in [5, 5.41) is 12.7. The summed E-state index contributed by atoms with van der Waals surface area (Å²) in [5.74, 6) is -1.50. The molecule has 1 atom stereocenters. The van der Waals surface area contributed by atoms with E-state index >= 15 is 0 Å². The van der Waals surface area contributed by atoms with Crippen LogP contribution in [0.25, 0.3) is 0 Å². The van der Waals surface area contributed by atoms with E-state index in [2.05, 4.69) is 5.32 Å². The van der Waals surface area contributed by atoms with Crippen molar-refractivity contribution in [1.29, 1.82) is 0 Å². The number of benzene rings is 2. The summed E-state index contributed by atoms with van der Waals surface area (Å²) in [7, 11) is 0. The molecule has 0 saturated heterocycles. The lowest BCUT2D eigenvalue weighted by Gasteiger charge is -2.15. The zero-order valence-corrected chi connectivity index (χ0v) is 12.2. The van der Waals surface area contributed by atoms with Crippen LogP contribution in [0.5, 0.6) is 0 Å². The van der Waals surface area contributed by atoms with E-state index in [-0.39, 0.29) is 18.2 Å². The second-order valence-corrected chi connectivity index (χ2v) is 5.21. The maximum absolute atomic E-state index is 13.7. The Balaban J connectivity index is 2.09. The van der Waals surface area contributed by atoms with Crippen molar-refractivity contribution in [3.05, 3.63) is 70.0 Å². The first-order valence-electron chi connectivity index (χ1n) is 6.48. The third kappa shape index (κ3) is 4.03. The second-order valence-electron chi connectivity index (χ2n) is 4.77. The minimum atomic E-state index is -1.07. The van der Waals surface area contributed by atoms with Crippen molar-refractivity contribution >= 4 is 17.6 Å². The Morgan fingerprint density at radius 2 is 2.10 bits per heavy atom. The van der Waals surface area contributed by atoms with Crippen LogP contribution in [0.2, 0.25) is 5.02 Å². The highest BCUT2D eigenvalue weighted by Crippen LogP contribution is 2.18. The SMILES string of the molecule is C[C@@H](NCc1cc(C(=O)O)ccc1F)c1cccc(Cl)c1. The number of carbonyl (C=O) groups is 1. The molecule has 0 radical (unpaired) electrons. The summed E-state index contributed by atoms with van der Waals surface area (Å²) in [6.45, 7) is 2.17. The van der Waals surface area contributed by atoms with Gasteiger partial charge in [-0.1, -0.05) is 23.7 Å². The van der Waals surface area contributed by atoms with Crippen LogP contribution in [0.4, 0.5) is 4.39 Å². The highest BCUT2D eigenvalue weighted by atomic mass is 35.5. The Kier molecular flexibility index (Phi) is 4.94. The van der Waals surface area contributed by atoms with Gasteiger partial charge in [0.1, 0.15) is 5.82 Å². The van der Waals surface area contributed by atoms with Crippen LogP contribution in [0, 0.1) is 5.82 Å². The Labute approximate surface area is 127 Å². The van der Waals surface area contributed by atoms with Gasteiger partial charge in [-0.15, -0.1) is 0 Å². The van der Waals surface area contributed by atoms with E-state index in [1.807, 2.05) is 25.1 Å². The third-order valence-electron chi connectivity index (χ3n) is 3.24. The van der Waals surface area contributed by atoms with E-state index in [0.717, 1.165) is 5.56 Å². The van der Waals surface area contributed by atoms with Gasteiger partial charge in [-0.05, 0) is 42.8 Å². The number of nitrogens with one attached hydrogen (secondary N) is 1. The summed E-state index contributed by atoms with van der Waals surface area (Å²) in [5.41, 5.74) is 1.38. The van der Waals surface area contributed by atoms with Gasteiger partial charge in [0.15, 0.2) is 0 Å². The Bertz CT molecular complexity index is 660. The fraction of sp³-hybridized carbons (Fsp3) is 0.188. The van der Waals surface area contributed by atoms with Crippen LogP contribution in [-0.4, -0.2) is 11.1 Å². The van der Waals surface area contributed by atoms with E-state index in [1.54, 1.807) is 6.07 Å². The number of hydrogen-bond acceptors (Lipinski definition) is 2. The Morgan fingerprint density at radius 3 is 2.76 bits per heavy atom. The van der Waals surface area contributed by atoms with Crippen LogP contribution in [0.3, 0.4) is 0 Å². The fourth-order valence-corrected chi connectivity index (χ4v) is 2.20. The molecule has 0 unspecified atom stereocenters. The zero-order valence-electron chi connectivity index (χ0n) is 11.4. The molecule has 2 N–H and O–H groups in total. The van der Waals surface area contributed by atoms with Crippen molar-refractivity contribution in [2.75, 3.05) is 0 Å². The van der Waals surface area contributed by atoms with Gasteiger partial charge in [-0.25, -0.2) is 9.18 Å². The number of halogens is 2. The van der Waals surface area contributed by atoms with Crippen LogP contribution in [-0.2, 0) is 6.54 Å². The molecule has 0 aliphatic heterocycles. The maximum Gasteiger partial charge on any atom is 0.335 e. The largest absolute Gasteiger partial charge is 0.478 e. The van der Waals surface area contributed by atoms with Gasteiger partial charge in [0.05, 0.1) is 5.56 Å². The Hall–Kier alpha value is -1.91. The van der Waals surface area contributed by atoms with Crippen molar-refractivity contribution in [2.24, 2.45) is 0 Å². The summed E-state index contributed by atoms with van der Waals surface area (Å²) >= 11 is 5.93. The van der Waals surface area contributed by atoms with E-state index in [9.17, 15) is 9.18 Å². The lowest BCUT2D eigenvalue weighted by atomic mass is 10.1. The normalized spacial score (nSPS) is 12.1. The number of hydrogen-bond donors (Lipinski definition) is 2. The highest BCUT2D eigenvalue weighted by molar-refractivity contribution is 6.30. The molecule has 2 aromatic rings. The molecule has 0 amide bonds. The van der Waals surface area contributed by atoms with Crippen molar-refractivity contribution in [2.45, 2.75) is 19.5 Å². The molecule has 2 aromatic carbocycles. The van der Waals surface area contributed by atoms with Gasteiger partial charge in [0.2, 0.25) is 0 Å². The van der Waals surface area contributed by atoms with Gasteiger partial charge in [-0.2, -0.15) is 0 Å². The smallest absolute Gasteiger partial charge is 0.335 e. The average Bonchev–Trinajstić information content (AvgIpc) is 2.45. The average molecular weight is 308 g/mol. The predicted octanol–water partition coefficient (Wildman–Crippen LogP) is 4.03. The molecule has 0 bridgehead atoms. The van der Waals surface area contributed by atoms with Crippen LogP contribution < -0.4 is 5.32 Å². The van der Waals surface area contributed by atoms with Crippen LogP contribution >= 0.6 is 11.6 Å². The standard InChI is InChI=1S/C16H15ClFNO2/c1-10(11-3-2-4-14(17)8-11)19-9-13-7-12(16(20)21)5-6-15(13)18/h2-8,10,19H,9H2,1H3,(H,20,21)/t10-/m1/s1. The van der Waals surface area contributed by atoms with Gasteiger partial charge in [-0.3, -0.25) is 0 Å². The van der Waals surface area contributed by atoms with Gasteiger partial charge >= 0.3 is 5.97 Å². The number of carboxylic acid groups (broad SMARTS) is 1. The van der Waals surface area contributed by atoms with Gasteiger partial charge < -0.3 is 10.4 Å². The molecule has 3 nitrogen and oxygen atoms in total. The molecular weight excluding hydrogens is 293 g/mol. The lowest BCUT2D eigenvalue weighted by molar-refractivity contribution is 0.0696. The second kappa shape index (κ2) is 6.70. The molecule has 0 aliphatic carbocycles. The molecule has 0 aliphatic rings. The monoisotopic (exact) mass is 307 g/mol. The summed E-state index contributed by atoms with van der Waals surface area (Å²) in [6.07, 6.45) is 0. The molecule has 0 saturated carbocycles. The summed E-state index contributed by atoms with van der Waals surface area (Å²) in [6, 6.07) is 11.1. The number of aromatic carboxylic acids is 1. The van der Waals surface area contributed by atoms with Crippen LogP contribution in [0.1, 0.15) is 34.5 Å². The molecule has 2 rings (SSSR count). The van der Waals surface area contributed by atoms with Crippen molar-refractivity contribution in [3.8, 4) is 0 Å². The van der Waals surface area contributed by atoms with Crippen molar-refractivity contribution < 1.29 is 14.3 Å². The highest BCUT2D eigenvalue weighted by Gasteiger charge is 2.10. The molecule has 21 heavy (non-hydrogen) atoms. The lowest BCUT2D eigenvalue weighted by Crippen LogP contribution is -2.19. The van der Waals surface area contributed by atoms with E-state index in [4.69, 9.17) is 16.7 Å². The van der Waals surface area contributed by atoms with Crippen molar-refractivity contribution in [1.82, 2.24) is 5.32 Å². The maximum atomic E-state index is 13.7. The first kappa shape index (κ1) is 15.5. The number of rotatable bonds is 5. The predicted molar refractivity (Wildman–Crippen MR) is 80.1 cm³/mol. The van der Waals surface area contributed by atoms with Gasteiger partial charge in [0, 0.05) is 23.2 Å².